The van der Waals surface area contributed by atoms with Crippen LogP contribution < -0.4 is 85.5 Å². The maximum absolute atomic E-state index is 15.6. The normalized spacial score (nSPS) is 17.3. The van der Waals surface area contributed by atoms with Crippen LogP contribution in [0, 0.1) is 5.92 Å². The topological polar surface area (TPSA) is 499 Å². The molecule has 6 aromatic rings. The Hall–Kier alpha value is -12.3. The summed E-state index contributed by atoms with van der Waals surface area (Å²) in [5, 5.41) is 54.3. The van der Waals surface area contributed by atoms with Gasteiger partial charge in [-0.15, -0.1) is 0 Å². The first-order valence-electron chi connectivity index (χ1n) is 40.7. The highest BCUT2D eigenvalue weighted by atomic mass is 35.5. The molecule has 3 aliphatic rings. The number of nitrogens with one attached hydrogen (secondary N) is 15. The number of imide groups is 1. The number of urea groups is 1. The predicted molar refractivity (Wildman–Crippen MR) is 451 cm³/mol. The van der Waals surface area contributed by atoms with Crippen LogP contribution in [0.5, 0.6) is 0 Å². The third kappa shape index (κ3) is 28.7. The van der Waals surface area contributed by atoms with Gasteiger partial charge in [0.05, 0.1) is 19.1 Å². The lowest BCUT2D eigenvalue weighted by molar-refractivity contribution is -0.142. The first-order valence-corrected chi connectivity index (χ1v) is 41.1. The minimum absolute atomic E-state index is 0.00689. The Balaban J connectivity index is 1.02. The van der Waals surface area contributed by atoms with Crippen molar-refractivity contribution in [3.05, 3.63) is 173 Å². The summed E-state index contributed by atoms with van der Waals surface area (Å²) >= 11 is 6.28. The largest absolute Gasteiger partial charge is 0.394 e. The quantitative estimate of drug-likeness (QED) is 0.0243. The average molecular weight is 1690 g/mol. The van der Waals surface area contributed by atoms with Crippen LogP contribution in [-0.4, -0.2) is 209 Å². The zero-order valence-electron chi connectivity index (χ0n) is 68.5. The van der Waals surface area contributed by atoms with E-state index in [0.717, 1.165) is 17.2 Å². The maximum Gasteiger partial charge on any atom is 0.322 e. The number of carbonyl (C=O) groups excluding carboxylic acids is 15. The summed E-state index contributed by atoms with van der Waals surface area (Å²) < 4.78 is 0. The molecule has 4 heterocycles. The molecule has 16 amide bonds. The monoisotopic (exact) mass is 1680 g/mol. The summed E-state index contributed by atoms with van der Waals surface area (Å²) in [6.07, 6.45) is 4.57. The number of aliphatic hydroxyl groups is 1. The van der Waals surface area contributed by atoms with E-state index >= 15 is 28.8 Å². The highest BCUT2D eigenvalue weighted by Crippen LogP contribution is 2.24. The molecule has 0 radical (unpaired) electrons. The van der Waals surface area contributed by atoms with Crippen molar-refractivity contribution in [3.8, 4) is 0 Å². The third-order valence-corrected chi connectivity index (χ3v) is 21.1. The Kier molecular flexibility index (Phi) is 34.6. The molecule has 34 nitrogen and oxygen atoms in total. The number of pyridine rings is 1. The van der Waals surface area contributed by atoms with Crippen molar-refractivity contribution in [2.45, 2.75) is 210 Å². The van der Waals surface area contributed by atoms with E-state index in [0.29, 0.717) is 77.3 Å². The first kappa shape index (κ1) is 92.6. The molecule has 12 atom stereocenters. The minimum Gasteiger partial charge on any atom is -0.394 e. The molecule has 0 saturated carbocycles. The van der Waals surface area contributed by atoms with Crippen LogP contribution in [0.4, 0.5) is 16.2 Å². The lowest BCUT2D eigenvalue weighted by atomic mass is 9.99. The Labute approximate surface area is 706 Å². The second kappa shape index (κ2) is 45.2. The highest BCUT2D eigenvalue weighted by molar-refractivity contribution is 6.30. The number of aliphatic hydroxyl groups excluding tert-OH is 1. The fourth-order valence-corrected chi connectivity index (χ4v) is 14.5. The van der Waals surface area contributed by atoms with Gasteiger partial charge in [-0.25, -0.2) is 4.79 Å². The van der Waals surface area contributed by atoms with Crippen LogP contribution in [0.1, 0.15) is 127 Å². The van der Waals surface area contributed by atoms with Crippen LogP contribution in [0.2, 0.25) is 5.02 Å². The summed E-state index contributed by atoms with van der Waals surface area (Å²) in [6.45, 7) is 10.5. The summed E-state index contributed by atoms with van der Waals surface area (Å²) in [5.41, 5.74) is 8.39. The number of nitrogens with two attached hydrogens (primary N) is 1. The van der Waals surface area contributed by atoms with Gasteiger partial charge in [-0.3, -0.25) is 77.4 Å². The summed E-state index contributed by atoms with van der Waals surface area (Å²) in [7, 11) is 0. The average Bonchev–Trinajstić information content (AvgIpc) is 1.54. The number of fused-ring (bicyclic) bond motifs is 1. The van der Waals surface area contributed by atoms with Crippen LogP contribution in [0.3, 0.4) is 0 Å². The second-order valence-corrected chi connectivity index (χ2v) is 31.8. The molecule has 3 saturated heterocycles. The van der Waals surface area contributed by atoms with Crippen molar-refractivity contribution in [2.75, 3.05) is 36.9 Å². The Morgan fingerprint density at radius 3 is 1.54 bits per heavy atom. The van der Waals surface area contributed by atoms with Crippen LogP contribution in [-0.2, 0) is 99.2 Å². The number of carbonyl (C=O) groups is 15. The fraction of sp³-hybridized carbons (Fsp3) is 0.442. The number of hydrogen-bond donors (Lipinski definition) is 17. The zero-order valence-corrected chi connectivity index (χ0v) is 69.3. The standard InChI is InChI=1S/C86H109ClN18O16/c1-48(2)38-64(77(112)96-63(17-9-10-35-90-49(3)4)85(120)105-37-13-19-72(105)84(119)92-50(5)74(88)109)97-79(114)67(41-53-23-30-60(31-24-53)94-75(110)62-18-12-36-91-62)99-81(116)68(42-54-25-32-61(33-26-54)95-76(111)70-45-73(108)104-86(121)103-70)101-83(118)71(47-106)102-82(117)69(44-56-14-11-34-89-46-56)100-80(115)66(40-52-21-28-59(87)29-22-52)98-78(113)65(93-51(6)107)43-55-20-27-57-15-7-8-16-58(57)39-55/h7-8,11,14-16,20-34,39,46,48-50,62-72,90-91,106H,9-10,12-13,17-19,35-38,40-45,47H2,1-6H3,(H2,88,109)(H,92,119)(H,93,107)(H,94,110)(H,95,111)(H,96,112)(H,97,114)(H,98,113)(H,99,116)(H,100,115)(H,101,118)(H,102,117)(H2,103,104,108,121)/t50-,62?,63+,64+,65-,66-,67-,68+,69-,70?,71+,72+/m1/s1. The van der Waals surface area contributed by atoms with E-state index < -0.39 is 168 Å². The lowest BCUT2D eigenvalue weighted by Gasteiger charge is -2.31. The third-order valence-electron chi connectivity index (χ3n) is 20.8. The van der Waals surface area contributed by atoms with Gasteiger partial charge in [0.25, 0.3) is 0 Å². The Morgan fingerprint density at radius 1 is 0.529 bits per heavy atom. The van der Waals surface area contributed by atoms with Gasteiger partial charge >= 0.3 is 6.03 Å². The number of primary amides is 1. The van der Waals surface area contributed by atoms with E-state index in [-0.39, 0.29) is 81.5 Å². The molecule has 646 valence electrons. The molecule has 3 fully saturated rings. The van der Waals surface area contributed by atoms with Gasteiger partial charge in [0.15, 0.2) is 0 Å². The number of hydrogen-bond acceptors (Lipinski definition) is 19. The van der Waals surface area contributed by atoms with Crippen LogP contribution in [0.25, 0.3) is 10.8 Å². The molecule has 2 unspecified atom stereocenters. The Bertz CT molecular complexity index is 4650. The van der Waals surface area contributed by atoms with Crippen molar-refractivity contribution < 1.29 is 77.0 Å². The molecular weight excluding hydrogens is 1580 g/mol. The molecule has 0 aliphatic carbocycles. The smallest absolute Gasteiger partial charge is 0.322 e. The van der Waals surface area contributed by atoms with E-state index in [2.05, 4.69) is 84.7 Å². The SMILES string of the molecule is CC(=O)N[C@H](Cc1ccc2ccccc2c1)C(=O)N[C@H](Cc1ccc(Cl)cc1)C(=O)N[C@H](Cc1cccnc1)C(=O)N[C@@H](CO)C(=O)N[C@@H](Cc1ccc(NC(=O)C2CC(=O)NC(=O)N2)cc1)C(=O)N[C@H](Cc1ccc(NC(=O)C2CCCN2)cc1)C(=O)N[C@@H](CC(C)C)C(=O)N[C@@H](CCCCNC(C)C)C(=O)N1CCC[C@H]1C(=O)N[C@H](C)C(N)=O. The van der Waals surface area contributed by atoms with E-state index in [1.54, 1.807) is 74.5 Å². The molecule has 121 heavy (non-hydrogen) atoms. The molecule has 3 aliphatic heterocycles. The molecule has 35 heteroatoms. The minimum atomic E-state index is -1.92. The number of benzene rings is 5. The van der Waals surface area contributed by atoms with E-state index in [1.807, 2.05) is 56.3 Å². The zero-order chi connectivity index (χ0) is 87.4. The van der Waals surface area contributed by atoms with Gasteiger partial charge in [0.1, 0.15) is 66.5 Å². The van der Waals surface area contributed by atoms with Crippen LogP contribution >= 0.6 is 11.6 Å². The summed E-state index contributed by atoms with van der Waals surface area (Å²) in [5.74, 6) is -11.1. The van der Waals surface area contributed by atoms with E-state index in [1.165, 1.54) is 55.4 Å². The van der Waals surface area contributed by atoms with Crippen molar-refractivity contribution in [3.63, 3.8) is 0 Å². The summed E-state index contributed by atoms with van der Waals surface area (Å²) in [6, 6.07) is 18.4. The van der Waals surface area contributed by atoms with Gasteiger partial charge < -0.3 is 90.2 Å². The molecule has 1 aromatic heterocycles. The molecule has 0 bridgehead atoms. The number of amides is 16. The predicted octanol–water partition coefficient (Wildman–Crippen LogP) is 1.71. The van der Waals surface area contributed by atoms with Crippen molar-refractivity contribution >= 4 is 122 Å². The highest BCUT2D eigenvalue weighted by Gasteiger charge is 2.41. The number of unbranched alkanes of at least 4 members (excludes halogenated alkanes) is 1. The number of likely N-dealkylation sites (tertiary alicyclic amines) is 1. The maximum atomic E-state index is 15.6. The molecular formula is C86H109ClN18O16. The first-order chi connectivity index (χ1) is 57.8. The number of nitrogens with zero attached hydrogens (tertiary/aromatic N) is 2. The number of rotatable bonds is 42. The molecule has 0 spiro atoms. The number of anilines is 2. The molecule has 18 N–H and O–H groups in total. The van der Waals surface area contributed by atoms with Crippen molar-refractivity contribution in [2.24, 2.45) is 11.7 Å². The van der Waals surface area contributed by atoms with Crippen molar-refractivity contribution in [1.82, 2.24) is 79.0 Å². The van der Waals surface area contributed by atoms with Gasteiger partial charge in [-0.1, -0.05) is 124 Å². The van der Waals surface area contributed by atoms with Gasteiger partial charge in [-0.05, 0) is 158 Å². The fourth-order valence-electron chi connectivity index (χ4n) is 14.4. The lowest BCUT2D eigenvalue weighted by Crippen LogP contribution is -2.62. The van der Waals surface area contributed by atoms with Crippen LogP contribution in [0.15, 0.2) is 140 Å². The van der Waals surface area contributed by atoms with E-state index in [9.17, 15) is 48.3 Å². The van der Waals surface area contributed by atoms with Crippen molar-refractivity contribution in [1.29, 1.82) is 0 Å². The summed E-state index contributed by atoms with van der Waals surface area (Å²) in [4.78, 5) is 216. The second-order valence-electron chi connectivity index (χ2n) is 31.4. The van der Waals surface area contributed by atoms with Gasteiger partial charge in [0, 0.05) is 80.4 Å². The Morgan fingerprint density at radius 2 is 1.02 bits per heavy atom. The van der Waals surface area contributed by atoms with Gasteiger partial charge in [0.2, 0.25) is 82.7 Å². The van der Waals surface area contributed by atoms with E-state index in [4.69, 9.17) is 17.3 Å². The number of halogens is 1. The molecule has 9 rings (SSSR count). The number of aromatic nitrogens is 1. The molecule has 5 aromatic carbocycles. The van der Waals surface area contributed by atoms with Gasteiger partial charge in [-0.2, -0.15) is 0 Å².